The Morgan fingerprint density at radius 1 is 1.08 bits per heavy atom. The number of rotatable bonds is 3. The lowest BCUT2D eigenvalue weighted by Crippen LogP contribution is -2.52. The summed E-state index contributed by atoms with van der Waals surface area (Å²) in [5.74, 6) is 0.291. The molecule has 0 saturated carbocycles. The number of nitrogens with zero attached hydrogens (tertiary/aromatic N) is 3. The van der Waals surface area contributed by atoms with Gasteiger partial charge in [-0.1, -0.05) is 29.8 Å². The minimum atomic E-state index is 0.0983. The van der Waals surface area contributed by atoms with Gasteiger partial charge in [-0.25, -0.2) is 0 Å². The van der Waals surface area contributed by atoms with Crippen molar-refractivity contribution < 1.29 is 9.59 Å². The van der Waals surface area contributed by atoms with Crippen LogP contribution >= 0.6 is 0 Å². The van der Waals surface area contributed by atoms with E-state index in [0.29, 0.717) is 38.8 Å². The Balaban J connectivity index is 1.59. The van der Waals surface area contributed by atoms with E-state index in [-0.39, 0.29) is 11.8 Å². The first-order chi connectivity index (χ1) is 11.5. The Kier molecular flexibility index (Phi) is 5.19. The van der Waals surface area contributed by atoms with E-state index in [1.165, 1.54) is 11.1 Å². The Morgan fingerprint density at radius 3 is 2.46 bits per heavy atom. The lowest BCUT2D eigenvalue weighted by atomic mass is 10.0. The van der Waals surface area contributed by atoms with Crippen molar-refractivity contribution in [2.75, 3.05) is 39.3 Å². The predicted octanol–water partition coefficient (Wildman–Crippen LogP) is 1.82. The van der Waals surface area contributed by atoms with Crippen molar-refractivity contribution in [1.82, 2.24) is 14.7 Å². The van der Waals surface area contributed by atoms with Gasteiger partial charge in [0.25, 0.3) is 0 Å². The van der Waals surface area contributed by atoms with Crippen molar-refractivity contribution >= 4 is 11.8 Å². The SMILES string of the molecule is CC(=O)N1CCN(C(=O)CN2CCCC2c2cccc(C)c2)CC1. The molecule has 5 nitrogen and oxygen atoms in total. The van der Waals surface area contributed by atoms with Gasteiger partial charge >= 0.3 is 0 Å². The number of amides is 2. The molecule has 2 amide bonds. The molecule has 0 radical (unpaired) electrons. The van der Waals surface area contributed by atoms with Crippen LogP contribution in [0.15, 0.2) is 24.3 Å². The average molecular weight is 329 g/mol. The van der Waals surface area contributed by atoms with Crippen molar-refractivity contribution in [1.29, 1.82) is 0 Å². The Hall–Kier alpha value is -1.88. The third-order valence-corrected chi connectivity index (χ3v) is 5.21. The molecule has 0 N–H and O–H groups in total. The van der Waals surface area contributed by atoms with Gasteiger partial charge in [-0.05, 0) is 31.9 Å². The average Bonchev–Trinajstić information content (AvgIpc) is 3.03. The maximum absolute atomic E-state index is 12.7. The first-order valence-electron chi connectivity index (χ1n) is 8.88. The molecule has 2 heterocycles. The summed E-state index contributed by atoms with van der Waals surface area (Å²) in [4.78, 5) is 30.1. The van der Waals surface area contributed by atoms with Crippen molar-refractivity contribution in [2.45, 2.75) is 32.7 Å². The third-order valence-electron chi connectivity index (χ3n) is 5.21. The normalized spacial score (nSPS) is 22.0. The molecule has 24 heavy (non-hydrogen) atoms. The van der Waals surface area contributed by atoms with Crippen LogP contribution in [0.2, 0.25) is 0 Å². The molecule has 2 saturated heterocycles. The quantitative estimate of drug-likeness (QED) is 0.850. The van der Waals surface area contributed by atoms with Crippen molar-refractivity contribution in [3.05, 3.63) is 35.4 Å². The second-order valence-electron chi connectivity index (χ2n) is 6.93. The van der Waals surface area contributed by atoms with Crippen LogP contribution in [-0.2, 0) is 9.59 Å². The first-order valence-corrected chi connectivity index (χ1v) is 8.88. The van der Waals surface area contributed by atoms with Gasteiger partial charge in [0, 0.05) is 39.1 Å². The topological polar surface area (TPSA) is 43.9 Å². The van der Waals surface area contributed by atoms with E-state index < -0.39 is 0 Å². The van der Waals surface area contributed by atoms with E-state index in [1.54, 1.807) is 6.92 Å². The molecule has 130 valence electrons. The van der Waals surface area contributed by atoms with Gasteiger partial charge in [0.1, 0.15) is 0 Å². The summed E-state index contributed by atoms with van der Waals surface area (Å²) in [7, 11) is 0. The number of piperazine rings is 1. The van der Waals surface area contributed by atoms with Gasteiger partial charge in [0.05, 0.1) is 6.54 Å². The van der Waals surface area contributed by atoms with Crippen LogP contribution in [0.4, 0.5) is 0 Å². The minimum absolute atomic E-state index is 0.0983. The van der Waals surface area contributed by atoms with Gasteiger partial charge < -0.3 is 9.80 Å². The second kappa shape index (κ2) is 7.34. The standard InChI is InChI=1S/C19H27N3O2/c1-15-5-3-6-17(13-15)18-7-4-8-22(18)14-19(24)21-11-9-20(10-12-21)16(2)23/h3,5-6,13,18H,4,7-12,14H2,1-2H3. The molecule has 1 aromatic carbocycles. The monoisotopic (exact) mass is 329 g/mol. The molecule has 0 aromatic heterocycles. The Morgan fingerprint density at radius 2 is 1.79 bits per heavy atom. The lowest BCUT2D eigenvalue weighted by molar-refractivity contribution is -0.139. The molecule has 5 heteroatoms. The smallest absolute Gasteiger partial charge is 0.236 e. The second-order valence-corrected chi connectivity index (χ2v) is 6.93. The van der Waals surface area contributed by atoms with Crippen LogP contribution in [0.1, 0.15) is 36.9 Å². The number of benzene rings is 1. The largest absolute Gasteiger partial charge is 0.339 e. The highest BCUT2D eigenvalue weighted by Gasteiger charge is 2.30. The maximum Gasteiger partial charge on any atom is 0.236 e. The van der Waals surface area contributed by atoms with E-state index >= 15 is 0 Å². The third kappa shape index (κ3) is 3.78. The zero-order valence-electron chi connectivity index (χ0n) is 14.7. The number of likely N-dealkylation sites (tertiary alicyclic amines) is 1. The molecule has 2 aliphatic rings. The summed E-state index contributed by atoms with van der Waals surface area (Å²) < 4.78 is 0. The van der Waals surface area contributed by atoms with Gasteiger partial charge in [0.2, 0.25) is 11.8 Å². The van der Waals surface area contributed by atoms with Gasteiger partial charge in [-0.15, -0.1) is 0 Å². The number of hydrogen-bond donors (Lipinski definition) is 0. The van der Waals surface area contributed by atoms with E-state index in [9.17, 15) is 9.59 Å². The van der Waals surface area contributed by atoms with Crippen molar-refractivity contribution in [3.8, 4) is 0 Å². The molecular weight excluding hydrogens is 302 g/mol. The Bertz CT molecular complexity index is 608. The number of carbonyl (C=O) groups excluding carboxylic acids is 2. The van der Waals surface area contributed by atoms with Crippen LogP contribution in [0, 0.1) is 6.92 Å². The molecule has 0 spiro atoms. The van der Waals surface area contributed by atoms with E-state index in [0.717, 1.165) is 19.4 Å². The molecule has 2 aliphatic heterocycles. The van der Waals surface area contributed by atoms with Crippen LogP contribution < -0.4 is 0 Å². The van der Waals surface area contributed by atoms with Crippen LogP contribution in [0.3, 0.4) is 0 Å². The van der Waals surface area contributed by atoms with Crippen LogP contribution in [0.25, 0.3) is 0 Å². The molecule has 0 aliphatic carbocycles. The zero-order chi connectivity index (χ0) is 17.1. The fraction of sp³-hybridized carbons (Fsp3) is 0.579. The summed E-state index contributed by atoms with van der Waals surface area (Å²) in [6.07, 6.45) is 2.26. The zero-order valence-corrected chi connectivity index (χ0v) is 14.7. The van der Waals surface area contributed by atoms with Crippen molar-refractivity contribution in [2.24, 2.45) is 0 Å². The van der Waals surface area contributed by atoms with Gasteiger partial charge in [0.15, 0.2) is 0 Å². The van der Waals surface area contributed by atoms with Crippen LogP contribution in [0.5, 0.6) is 0 Å². The van der Waals surface area contributed by atoms with Gasteiger partial charge in [-0.3, -0.25) is 14.5 Å². The highest BCUT2D eigenvalue weighted by Crippen LogP contribution is 2.32. The van der Waals surface area contributed by atoms with Gasteiger partial charge in [-0.2, -0.15) is 0 Å². The molecule has 1 atom stereocenters. The number of carbonyl (C=O) groups is 2. The molecule has 0 bridgehead atoms. The summed E-state index contributed by atoms with van der Waals surface area (Å²) in [6, 6.07) is 8.98. The van der Waals surface area contributed by atoms with E-state index in [2.05, 4.69) is 36.1 Å². The highest BCUT2D eigenvalue weighted by molar-refractivity contribution is 5.79. The fourth-order valence-electron chi connectivity index (χ4n) is 3.81. The fourth-order valence-corrected chi connectivity index (χ4v) is 3.81. The first kappa shape index (κ1) is 17.0. The summed E-state index contributed by atoms with van der Waals surface area (Å²) >= 11 is 0. The maximum atomic E-state index is 12.7. The summed E-state index contributed by atoms with van der Waals surface area (Å²) in [5, 5.41) is 0. The minimum Gasteiger partial charge on any atom is -0.339 e. The van der Waals surface area contributed by atoms with Crippen molar-refractivity contribution in [3.63, 3.8) is 0 Å². The lowest BCUT2D eigenvalue weighted by Gasteiger charge is -2.35. The van der Waals surface area contributed by atoms with E-state index in [1.807, 2.05) is 9.80 Å². The highest BCUT2D eigenvalue weighted by atomic mass is 16.2. The van der Waals surface area contributed by atoms with Crippen LogP contribution in [-0.4, -0.2) is 65.8 Å². The predicted molar refractivity (Wildman–Crippen MR) is 93.6 cm³/mol. The molecule has 2 fully saturated rings. The molecule has 1 aromatic rings. The summed E-state index contributed by atoms with van der Waals surface area (Å²) in [6.45, 7) is 7.79. The molecule has 3 rings (SSSR count). The number of aryl methyl sites for hydroxylation is 1. The molecule has 1 unspecified atom stereocenters. The Labute approximate surface area is 144 Å². The summed E-state index contributed by atoms with van der Waals surface area (Å²) in [5.41, 5.74) is 2.59. The van der Waals surface area contributed by atoms with E-state index in [4.69, 9.17) is 0 Å². The molecular formula is C19H27N3O2. The number of hydrogen-bond acceptors (Lipinski definition) is 3.